The number of anilines is 2. The number of nitrogens with zero attached hydrogens (tertiary/aromatic N) is 5. The molecule has 1 amide bonds. The number of hydrogen-bond donors (Lipinski definition) is 2. The lowest BCUT2D eigenvalue weighted by Crippen LogP contribution is -2.50. The second kappa shape index (κ2) is 9.99. The highest BCUT2D eigenvalue weighted by molar-refractivity contribution is 6.07. The third-order valence-electron chi connectivity index (χ3n) is 7.13. The molecule has 2 aliphatic rings. The molecule has 1 saturated heterocycles. The number of carbonyl (C=O) groups excluding carboxylic acids is 1. The fourth-order valence-electron chi connectivity index (χ4n) is 5.45. The quantitative estimate of drug-likeness (QED) is 0.364. The van der Waals surface area contributed by atoms with Crippen LogP contribution in [0.4, 0.5) is 16.0 Å². The van der Waals surface area contributed by atoms with Gasteiger partial charge in [0.2, 0.25) is 11.8 Å². The van der Waals surface area contributed by atoms with Crippen molar-refractivity contribution in [3.63, 3.8) is 0 Å². The number of rotatable bonds is 6. The molecule has 2 atom stereocenters. The molecule has 2 unspecified atom stereocenters. The molecule has 0 saturated carbocycles. The number of fused-ring (bicyclic) bond motifs is 3. The van der Waals surface area contributed by atoms with Crippen molar-refractivity contribution in [3.05, 3.63) is 66.9 Å². The molecule has 200 valence electrons. The number of ether oxygens (including phenoxy) is 2. The van der Waals surface area contributed by atoms with E-state index in [1.54, 1.807) is 24.3 Å². The number of amides is 1. The number of benzene rings is 1. The van der Waals surface area contributed by atoms with E-state index >= 15 is 4.39 Å². The van der Waals surface area contributed by atoms with Gasteiger partial charge < -0.3 is 30.0 Å². The number of nitrogen functional groups attached to an aromatic ring is 1. The average molecular weight is 530 g/mol. The highest BCUT2D eigenvalue weighted by atomic mass is 19.1. The van der Waals surface area contributed by atoms with Crippen molar-refractivity contribution in [2.24, 2.45) is 0 Å². The van der Waals surface area contributed by atoms with Crippen molar-refractivity contribution in [1.29, 1.82) is 0 Å². The number of aromatic nitrogens is 4. The number of halogens is 1. The number of carbonyl (C=O) groups is 1. The minimum Gasteiger partial charge on any atom is -0.436 e. The van der Waals surface area contributed by atoms with Crippen LogP contribution in [0.1, 0.15) is 12.1 Å². The topological polar surface area (TPSA) is 120 Å². The predicted octanol–water partition coefficient (Wildman–Crippen LogP) is 3.60. The minimum atomic E-state index is -0.530. The Kier molecular flexibility index (Phi) is 6.35. The Bertz CT molecular complexity index is 1590. The van der Waals surface area contributed by atoms with Gasteiger partial charge in [0.25, 0.3) is 0 Å². The van der Waals surface area contributed by atoms with Crippen LogP contribution in [0.15, 0.2) is 55.4 Å². The first-order valence-corrected chi connectivity index (χ1v) is 12.7. The summed E-state index contributed by atoms with van der Waals surface area (Å²) >= 11 is 0. The summed E-state index contributed by atoms with van der Waals surface area (Å²) in [6, 6.07) is 10.00. The van der Waals surface area contributed by atoms with Crippen LogP contribution in [-0.2, 0) is 16.1 Å². The summed E-state index contributed by atoms with van der Waals surface area (Å²) in [5.74, 6) is 0.808. The van der Waals surface area contributed by atoms with E-state index < -0.39 is 5.82 Å². The lowest BCUT2D eigenvalue weighted by Gasteiger charge is -2.36. The maximum absolute atomic E-state index is 15.4. The molecule has 6 rings (SSSR count). The summed E-state index contributed by atoms with van der Waals surface area (Å²) < 4.78 is 29.1. The van der Waals surface area contributed by atoms with Crippen molar-refractivity contribution in [2.75, 3.05) is 30.4 Å². The van der Waals surface area contributed by atoms with Gasteiger partial charge in [-0.3, -0.25) is 4.79 Å². The number of aryl methyl sites for hydroxylation is 1. The summed E-state index contributed by atoms with van der Waals surface area (Å²) in [7, 11) is 0. The van der Waals surface area contributed by atoms with Crippen LogP contribution in [0.5, 0.6) is 11.6 Å². The normalized spacial score (nSPS) is 18.7. The fraction of sp³-hybridized carbons (Fsp3) is 0.286. The Morgan fingerprint density at radius 3 is 2.92 bits per heavy atom. The molecule has 39 heavy (non-hydrogen) atoms. The van der Waals surface area contributed by atoms with Crippen molar-refractivity contribution in [1.82, 2.24) is 24.8 Å². The number of nitrogens with two attached hydrogens (primary N) is 1. The van der Waals surface area contributed by atoms with E-state index in [1.165, 1.54) is 18.5 Å². The van der Waals surface area contributed by atoms with Crippen molar-refractivity contribution < 1.29 is 18.7 Å². The Balaban J connectivity index is 1.40. The van der Waals surface area contributed by atoms with Crippen LogP contribution in [-0.4, -0.2) is 57.3 Å². The zero-order chi connectivity index (χ0) is 27.1. The molecule has 3 N–H and O–H groups in total. The molecule has 0 spiro atoms. The van der Waals surface area contributed by atoms with Gasteiger partial charge in [0.05, 0.1) is 30.7 Å². The van der Waals surface area contributed by atoms with Crippen LogP contribution in [0, 0.1) is 12.7 Å². The molecule has 3 aromatic heterocycles. The highest BCUT2D eigenvalue weighted by Crippen LogP contribution is 2.46. The Morgan fingerprint density at radius 1 is 1.26 bits per heavy atom. The van der Waals surface area contributed by atoms with E-state index in [9.17, 15) is 4.79 Å². The van der Waals surface area contributed by atoms with E-state index in [4.69, 9.17) is 15.2 Å². The molecular formula is C28H28FN7O3. The molecule has 4 aromatic rings. The van der Waals surface area contributed by atoms with E-state index in [-0.39, 0.29) is 23.7 Å². The molecule has 10 nitrogen and oxygen atoms in total. The molecule has 11 heteroatoms. The monoisotopic (exact) mass is 529 g/mol. The van der Waals surface area contributed by atoms with E-state index in [1.807, 2.05) is 13.0 Å². The van der Waals surface area contributed by atoms with Crippen LogP contribution >= 0.6 is 0 Å². The van der Waals surface area contributed by atoms with Crippen molar-refractivity contribution in [3.8, 4) is 22.8 Å². The van der Waals surface area contributed by atoms with Crippen LogP contribution in [0.3, 0.4) is 0 Å². The Labute approximate surface area is 224 Å². The van der Waals surface area contributed by atoms with Gasteiger partial charge in [-0.05, 0) is 43.2 Å². The lowest BCUT2D eigenvalue weighted by atomic mass is 10.0. The number of hydrogen-bond acceptors (Lipinski definition) is 8. The fourth-order valence-corrected chi connectivity index (χ4v) is 5.45. The molecule has 0 radical (unpaired) electrons. The molecule has 0 aliphatic carbocycles. The smallest absolute Gasteiger partial charge is 0.243 e. The van der Waals surface area contributed by atoms with Gasteiger partial charge in [-0.25, -0.2) is 19.3 Å². The largest absolute Gasteiger partial charge is 0.436 e. The van der Waals surface area contributed by atoms with Crippen LogP contribution in [0.25, 0.3) is 22.2 Å². The van der Waals surface area contributed by atoms with Gasteiger partial charge in [-0.1, -0.05) is 18.7 Å². The summed E-state index contributed by atoms with van der Waals surface area (Å²) in [5.41, 5.74) is 9.19. The molecule has 1 aromatic carbocycles. The maximum Gasteiger partial charge on any atom is 0.243 e. The number of nitrogens with one attached hydrogen (secondary N) is 1. The average Bonchev–Trinajstić information content (AvgIpc) is 3.49. The standard InChI is InChI=1S/C28H28FN7O3/c1-3-22(37)34-18-12-19(14-38-13-18)35-9-10-36-27-25(26(30)31-15-32-27)24(28(35)36)17-7-8-21(20(29)11-17)39-23-6-4-5-16(2)33-23/h3-8,11,15,18-19H,1,9-10,12-14H2,2H3,(H,34,37)(H2,30,31,32). The summed E-state index contributed by atoms with van der Waals surface area (Å²) in [6.45, 7) is 7.69. The zero-order valence-corrected chi connectivity index (χ0v) is 21.4. The summed E-state index contributed by atoms with van der Waals surface area (Å²) in [5, 5.41) is 3.60. The second-order valence-electron chi connectivity index (χ2n) is 9.70. The number of pyridine rings is 1. The van der Waals surface area contributed by atoms with Gasteiger partial charge in [0.15, 0.2) is 11.6 Å². The molecule has 0 bridgehead atoms. The van der Waals surface area contributed by atoms with Crippen LogP contribution < -0.4 is 20.7 Å². The SMILES string of the molecule is C=CC(=O)NC1COCC(N2CCn3c2c(-c2ccc(Oc4cccc(C)n4)c(F)c2)c2c(N)ncnc23)C1. The van der Waals surface area contributed by atoms with Crippen molar-refractivity contribution >= 4 is 28.6 Å². The van der Waals surface area contributed by atoms with Crippen molar-refractivity contribution in [2.45, 2.75) is 32.0 Å². The molecule has 2 aliphatic heterocycles. The van der Waals surface area contributed by atoms with Gasteiger partial charge in [-0.2, -0.15) is 0 Å². The van der Waals surface area contributed by atoms with E-state index in [0.29, 0.717) is 61.0 Å². The van der Waals surface area contributed by atoms with Gasteiger partial charge in [0.1, 0.15) is 23.6 Å². The van der Waals surface area contributed by atoms with E-state index in [0.717, 1.165) is 17.1 Å². The van der Waals surface area contributed by atoms with Gasteiger partial charge in [-0.15, -0.1) is 0 Å². The third kappa shape index (κ3) is 4.54. The lowest BCUT2D eigenvalue weighted by molar-refractivity contribution is -0.118. The van der Waals surface area contributed by atoms with Gasteiger partial charge >= 0.3 is 0 Å². The van der Waals surface area contributed by atoms with Gasteiger partial charge in [0, 0.05) is 30.4 Å². The Hall–Kier alpha value is -4.51. The zero-order valence-electron chi connectivity index (χ0n) is 21.4. The summed E-state index contributed by atoms with van der Waals surface area (Å²) in [4.78, 5) is 27.2. The minimum absolute atomic E-state index is 0.0211. The molecule has 5 heterocycles. The molecule has 1 fully saturated rings. The first kappa shape index (κ1) is 24.8. The Morgan fingerprint density at radius 2 is 2.13 bits per heavy atom. The first-order valence-electron chi connectivity index (χ1n) is 12.7. The predicted molar refractivity (Wildman–Crippen MR) is 145 cm³/mol. The third-order valence-corrected chi connectivity index (χ3v) is 7.13. The second-order valence-corrected chi connectivity index (χ2v) is 9.70. The highest BCUT2D eigenvalue weighted by Gasteiger charge is 2.37. The first-order chi connectivity index (χ1) is 18.9. The summed E-state index contributed by atoms with van der Waals surface area (Å²) in [6.07, 6.45) is 3.38. The molecular weight excluding hydrogens is 501 g/mol. The van der Waals surface area contributed by atoms with E-state index in [2.05, 4.69) is 36.3 Å². The maximum atomic E-state index is 15.4. The van der Waals surface area contributed by atoms with Crippen LogP contribution in [0.2, 0.25) is 0 Å².